The van der Waals surface area contributed by atoms with Crippen molar-refractivity contribution < 1.29 is 4.79 Å². The number of rotatable bonds is 2. The smallest absolute Gasteiger partial charge is 0.251 e. The van der Waals surface area contributed by atoms with Gasteiger partial charge in [0.15, 0.2) is 5.92 Å². The van der Waals surface area contributed by atoms with E-state index in [1.54, 1.807) is 26.0 Å². The van der Waals surface area contributed by atoms with E-state index in [1.165, 1.54) is 12.4 Å². The molecule has 1 heterocycles. The van der Waals surface area contributed by atoms with Gasteiger partial charge in [0.05, 0.1) is 0 Å². The fraction of sp³-hybridized carbons (Fsp3) is 0.0732. The average molecular weight is 549 g/mol. The zero-order chi connectivity index (χ0) is 31.6. The van der Waals surface area contributed by atoms with Crippen molar-refractivity contribution in [1.82, 2.24) is 4.98 Å². The van der Waals surface area contributed by atoms with E-state index in [2.05, 4.69) is 200 Å². The van der Waals surface area contributed by atoms with E-state index in [9.17, 15) is 4.79 Å². The van der Waals surface area contributed by atoms with Crippen molar-refractivity contribution in [2.75, 3.05) is 5.32 Å². The standard InChI is InChI=1S/C41H12N2O/c1-3-5-7-9-11-13-15-17-19-21-23-25-27-29-31-33-39(41(44)43-40-35-37-42-38-36-40)34-32-30-28-26-24-22-20-18-16-14-12-10-8-6-4-2/h35-39H,1-2H3,(H,42,43,44). The molecule has 0 saturated carbocycles. The monoisotopic (exact) mass is 548 g/mol. The first-order valence-electron chi connectivity index (χ1n) is 11.8. The van der Waals surface area contributed by atoms with Gasteiger partial charge in [-0.2, -0.15) is 0 Å². The van der Waals surface area contributed by atoms with E-state index in [0.717, 1.165) is 0 Å². The Labute approximate surface area is 259 Å². The van der Waals surface area contributed by atoms with E-state index < -0.39 is 11.8 Å². The molecular weight excluding hydrogens is 536 g/mol. The lowest BCUT2D eigenvalue weighted by atomic mass is 10.1. The maximum Gasteiger partial charge on any atom is 0.251 e. The Morgan fingerprint density at radius 2 is 0.750 bits per heavy atom. The van der Waals surface area contributed by atoms with Crippen LogP contribution in [0, 0.1) is 195 Å². The molecule has 0 bridgehead atoms. The molecular formula is C41H12N2O. The molecule has 0 fully saturated rings. The maximum atomic E-state index is 12.7. The van der Waals surface area contributed by atoms with Gasteiger partial charge in [-0.1, -0.05) is 23.7 Å². The molecule has 1 rings (SSSR count). The first-order chi connectivity index (χ1) is 21.8. The van der Waals surface area contributed by atoms with Crippen molar-refractivity contribution in [2.45, 2.75) is 13.8 Å². The number of pyridine rings is 1. The maximum absolute atomic E-state index is 12.7. The molecule has 1 aromatic rings. The Morgan fingerprint density at radius 3 is 1.05 bits per heavy atom. The molecule has 0 aliphatic rings. The second-order valence-electron chi connectivity index (χ2n) is 6.45. The molecule has 0 radical (unpaired) electrons. The van der Waals surface area contributed by atoms with Crippen LogP contribution in [0.4, 0.5) is 5.69 Å². The number of carbonyl (C=O) groups excluding carboxylic acids is 1. The largest absolute Gasteiger partial charge is 0.324 e. The number of nitrogens with one attached hydrogen (secondary N) is 1. The topological polar surface area (TPSA) is 42.0 Å². The second kappa shape index (κ2) is 26.2. The van der Waals surface area contributed by atoms with Crippen molar-refractivity contribution in [3.8, 4) is 189 Å². The van der Waals surface area contributed by atoms with Gasteiger partial charge in [0.25, 0.3) is 5.91 Å². The molecule has 0 unspecified atom stereocenters. The predicted octanol–water partition coefficient (Wildman–Crippen LogP) is 1.73. The molecule has 192 valence electrons. The van der Waals surface area contributed by atoms with Crippen LogP contribution in [0.3, 0.4) is 0 Å². The minimum Gasteiger partial charge on any atom is -0.324 e. The Kier molecular flexibility index (Phi) is 20.0. The van der Waals surface area contributed by atoms with Crippen molar-refractivity contribution in [3.63, 3.8) is 0 Å². The Balaban J connectivity index is 2.91. The molecule has 0 aliphatic carbocycles. The van der Waals surface area contributed by atoms with Crippen molar-refractivity contribution in [1.29, 1.82) is 0 Å². The average Bonchev–Trinajstić information content (AvgIpc) is 3.04. The summed E-state index contributed by atoms with van der Waals surface area (Å²) in [6, 6.07) is 3.26. The highest BCUT2D eigenvalue weighted by atomic mass is 16.1. The highest BCUT2D eigenvalue weighted by Crippen LogP contribution is 2.06. The number of hydrogen-bond donors (Lipinski definition) is 1. The molecule has 1 N–H and O–H groups in total. The fourth-order valence-electron chi connectivity index (χ4n) is 1.91. The Bertz CT molecular complexity index is 2180. The highest BCUT2D eigenvalue weighted by Gasteiger charge is 2.13. The molecule has 0 saturated heterocycles. The summed E-state index contributed by atoms with van der Waals surface area (Å²) in [6.45, 7) is 3.36. The van der Waals surface area contributed by atoms with Crippen LogP contribution in [0.15, 0.2) is 24.5 Å². The third kappa shape index (κ3) is 20.6. The molecule has 1 amide bonds. The van der Waals surface area contributed by atoms with Crippen LogP contribution in [0.1, 0.15) is 13.8 Å². The summed E-state index contributed by atoms with van der Waals surface area (Å²) in [5.74, 6) is 79.6. The predicted molar refractivity (Wildman–Crippen MR) is 172 cm³/mol. The first-order valence-corrected chi connectivity index (χ1v) is 11.8. The summed E-state index contributed by atoms with van der Waals surface area (Å²) in [7, 11) is 0. The van der Waals surface area contributed by atoms with Crippen LogP contribution in [0.2, 0.25) is 0 Å². The van der Waals surface area contributed by atoms with E-state index in [-0.39, 0.29) is 0 Å². The SMILES string of the molecule is CC#CC#CC#CC#CC#CC#CC#CC#CC(C#CC#CC#CC#CC#CC#CC#CC#CC)C(=O)Nc1ccncc1. The van der Waals surface area contributed by atoms with Gasteiger partial charge in [-0.3, -0.25) is 9.78 Å². The number of carbonyl (C=O) groups is 1. The molecule has 0 atom stereocenters. The number of hydrogen-bond acceptors (Lipinski definition) is 2. The van der Waals surface area contributed by atoms with Crippen LogP contribution >= 0.6 is 0 Å². The summed E-state index contributed by atoms with van der Waals surface area (Å²) in [4.78, 5) is 16.6. The van der Waals surface area contributed by atoms with Gasteiger partial charge in [-0.05, 0) is 192 Å². The summed E-state index contributed by atoms with van der Waals surface area (Å²) in [6.07, 6.45) is 3.08. The highest BCUT2D eigenvalue weighted by molar-refractivity contribution is 5.96. The summed E-state index contributed by atoms with van der Waals surface area (Å²) in [5, 5.41) is 2.70. The Hall–Kier alpha value is -8.42. The van der Waals surface area contributed by atoms with Gasteiger partial charge in [0.1, 0.15) is 0 Å². The van der Waals surface area contributed by atoms with Crippen LogP contribution in [0.5, 0.6) is 0 Å². The summed E-state index contributed by atoms with van der Waals surface area (Å²) >= 11 is 0. The zero-order valence-corrected chi connectivity index (χ0v) is 23.2. The lowest BCUT2D eigenvalue weighted by Gasteiger charge is -2.05. The van der Waals surface area contributed by atoms with Crippen LogP contribution in [0.25, 0.3) is 0 Å². The molecule has 0 spiro atoms. The van der Waals surface area contributed by atoms with Crippen LogP contribution in [-0.4, -0.2) is 10.9 Å². The lowest BCUT2D eigenvalue weighted by molar-refractivity contribution is -0.117. The van der Waals surface area contributed by atoms with Gasteiger partial charge < -0.3 is 5.32 Å². The molecule has 3 nitrogen and oxygen atoms in total. The quantitative estimate of drug-likeness (QED) is 0.573. The van der Waals surface area contributed by atoms with Crippen LogP contribution < -0.4 is 5.32 Å². The van der Waals surface area contributed by atoms with E-state index >= 15 is 0 Å². The fourth-order valence-corrected chi connectivity index (χ4v) is 1.91. The van der Waals surface area contributed by atoms with Gasteiger partial charge in [-0.15, -0.1) is 0 Å². The third-order valence-corrected chi connectivity index (χ3v) is 3.52. The third-order valence-electron chi connectivity index (χ3n) is 3.52. The molecule has 1 aromatic heterocycles. The van der Waals surface area contributed by atoms with E-state index in [0.29, 0.717) is 5.69 Å². The van der Waals surface area contributed by atoms with Crippen LogP contribution in [-0.2, 0) is 4.79 Å². The molecule has 3 heteroatoms. The second-order valence-corrected chi connectivity index (χ2v) is 6.45. The lowest BCUT2D eigenvalue weighted by Crippen LogP contribution is -2.20. The zero-order valence-electron chi connectivity index (χ0n) is 23.2. The first kappa shape index (κ1) is 33.6. The molecule has 0 aliphatic heterocycles. The minimum atomic E-state index is -1.03. The van der Waals surface area contributed by atoms with Gasteiger partial charge in [0.2, 0.25) is 0 Å². The number of amides is 1. The van der Waals surface area contributed by atoms with Gasteiger partial charge in [-0.25, -0.2) is 0 Å². The van der Waals surface area contributed by atoms with Crippen molar-refractivity contribution in [2.24, 2.45) is 5.92 Å². The number of nitrogens with zero attached hydrogens (tertiary/aromatic N) is 1. The summed E-state index contributed by atoms with van der Waals surface area (Å²) < 4.78 is 0. The normalized spacial score (nSPS) is 5.61. The van der Waals surface area contributed by atoms with E-state index in [1.807, 2.05) is 0 Å². The van der Waals surface area contributed by atoms with Crippen molar-refractivity contribution in [3.05, 3.63) is 24.5 Å². The van der Waals surface area contributed by atoms with Gasteiger partial charge in [0, 0.05) is 18.1 Å². The van der Waals surface area contributed by atoms with Crippen molar-refractivity contribution >= 4 is 11.6 Å². The number of aromatic nitrogens is 1. The Morgan fingerprint density at radius 1 is 0.477 bits per heavy atom. The summed E-state index contributed by atoms with van der Waals surface area (Å²) in [5.41, 5.74) is 0.533. The van der Waals surface area contributed by atoms with E-state index in [4.69, 9.17) is 0 Å². The minimum absolute atomic E-state index is 0.467. The molecule has 0 aromatic carbocycles. The number of anilines is 1. The van der Waals surface area contributed by atoms with Gasteiger partial charge >= 0.3 is 0 Å². The molecule has 44 heavy (non-hydrogen) atoms.